The summed E-state index contributed by atoms with van der Waals surface area (Å²) in [5, 5.41) is 5.63. The predicted molar refractivity (Wildman–Crippen MR) is 91.9 cm³/mol. The van der Waals surface area contributed by atoms with Crippen molar-refractivity contribution in [3.63, 3.8) is 0 Å². The van der Waals surface area contributed by atoms with Gasteiger partial charge in [0.05, 0.1) is 6.54 Å². The number of cyclic esters (lactones) is 1. The number of carbonyl (C=O) groups excluding carboxylic acids is 3. The highest BCUT2D eigenvalue weighted by atomic mass is 16.6. The summed E-state index contributed by atoms with van der Waals surface area (Å²) < 4.78 is 4.93. The monoisotopic (exact) mass is 345 g/mol. The van der Waals surface area contributed by atoms with Gasteiger partial charge in [0.25, 0.3) is 0 Å². The molecule has 7 heteroatoms. The summed E-state index contributed by atoms with van der Waals surface area (Å²) in [6.07, 6.45) is 0.853. The minimum Gasteiger partial charge on any atom is -0.447 e. The molecule has 1 aliphatic heterocycles. The zero-order chi connectivity index (χ0) is 17.8. The van der Waals surface area contributed by atoms with Crippen molar-refractivity contribution in [2.45, 2.75) is 26.3 Å². The third-order valence-electron chi connectivity index (χ3n) is 4.57. The van der Waals surface area contributed by atoms with Gasteiger partial charge in [0, 0.05) is 31.1 Å². The van der Waals surface area contributed by atoms with Crippen LogP contribution in [0.4, 0.5) is 10.5 Å². The molecular weight excluding hydrogens is 322 g/mol. The maximum atomic E-state index is 11.9. The van der Waals surface area contributed by atoms with E-state index in [-0.39, 0.29) is 30.2 Å². The second-order valence-corrected chi connectivity index (χ2v) is 6.57. The minimum absolute atomic E-state index is 0.0468. The van der Waals surface area contributed by atoms with Crippen LogP contribution in [0.25, 0.3) is 0 Å². The molecule has 2 aliphatic rings. The molecule has 1 aromatic rings. The van der Waals surface area contributed by atoms with Crippen LogP contribution in [-0.4, -0.2) is 37.6 Å². The quantitative estimate of drug-likeness (QED) is 0.782. The van der Waals surface area contributed by atoms with Crippen LogP contribution in [0, 0.1) is 11.8 Å². The lowest BCUT2D eigenvalue weighted by Gasteiger charge is -2.14. The number of ether oxygens (including phenoxy) is 1. The van der Waals surface area contributed by atoms with E-state index >= 15 is 0 Å². The van der Waals surface area contributed by atoms with Gasteiger partial charge in [0.1, 0.15) is 6.61 Å². The topological polar surface area (TPSA) is 87.7 Å². The Kier molecular flexibility index (Phi) is 5.21. The number of hydrogen-bond donors (Lipinski definition) is 2. The Hall–Kier alpha value is -2.57. The molecule has 0 spiro atoms. The Labute approximate surface area is 146 Å². The Morgan fingerprint density at radius 2 is 2.12 bits per heavy atom. The van der Waals surface area contributed by atoms with E-state index in [4.69, 9.17) is 4.74 Å². The second kappa shape index (κ2) is 7.55. The lowest BCUT2D eigenvalue weighted by molar-refractivity contribution is -0.123. The van der Waals surface area contributed by atoms with Gasteiger partial charge in [0.15, 0.2) is 0 Å². The van der Waals surface area contributed by atoms with Crippen molar-refractivity contribution < 1.29 is 19.1 Å². The number of nitrogens with one attached hydrogen (secondary N) is 2. The largest absolute Gasteiger partial charge is 0.447 e. The molecule has 7 nitrogen and oxygen atoms in total. The zero-order valence-corrected chi connectivity index (χ0v) is 14.3. The van der Waals surface area contributed by atoms with Gasteiger partial charge in [-0.2, -0.15) is 0 Å². The number of anilines is 1. The first-order valence-electron chi connectivity index (χ1n) is 8.62. The molecule has 25 heavy (non-hydrogen) atoms. The smallest absolute Gasteiger partial charge is 0.414 e. The van der Waals surface area contributed by atoms with Crippen molar-refractivity contribution in [3.05, 3.63) is 29.8 Å². The average molecular weight is 345 g/mol. The summed E-state index contributed by atoms with van der Waals surface area (Å²) in [5.74, 6) is 0.526. The molecule has 1 heterocycles. The molecule has 1 aromatic carbocycles. The van der Waals surface area contributed by atoms with Crippen LogP contribution in [0.1, 0.15) is 25.3 Å². The van der Waals surface area contributed by atoms with Crippen LogP contribution in [0.15, 0.2) is 24.3 Å². The summed E-state index contributed by atoms with van der Waals surface area (Å²) in [7, 11) is 0. The van der Waals surface area contributed by atoms with E-state index in [0.29, 0.717) is 32.2 Å². The van der Waals surface area contributed by atoms with Crippen LogP contribution >= 0.6 is 0 Å². The van der Waals surface area contributed by atoms with Crippen LogP contribution in [0.5, 0.6) is 0 Å². The van der Waals surface area contributed by atoms with Gasteiger partial charge in [-0.15, -0.1) is 0 Å². The molecule has 134 valence electrons. The second-order valence-electron chi connectivity index (χ2n) is 6.57. The predicted octanol–water partition coefficient (Wildman–Crippen LogP) is 1.42. The van der Waals surface area contributed by atoms with E-state index in [1.54, 1.807) is 4.90 Å². The van der Waals surface area contributed by atoms with E-state index in [9.17, 15) is 14.4 Å². The summed E-state index contributed by atoms with van der Waals surface area (Å²) in [5.41, 5.74) is 1.67. The Bertz CT molecular complexity index is 676. The molecule has 2 N–H and O–H groups in total. The van der Waals surface area contributed by atoms with E-state index < -0.39 is 0 Å². The minimum atomic E-state index is -0.345. The molecule has 2 atom stereocenters. The first kappa shape index (κ1) is 17.3. The van der Waals surface area contributed by atoms with Crippen molar-refractivity contribution in [2.75, 3.05) is 24.6 Å². The van der Waals surface area contributed by atoms with Crippen molar-refractivity contribution in [1.29, 1.82) is 0 Å². The molecule has 0 bridgehead atoms. The molecule has 0 aromatic heterocycles. The van der Waals surface area contributed by atoms with Gasteiger partial charge in [-0.05, 0) is 30.0 Å². The van der Waals surface area contributed by atoms with Crippen molar-refractivity contribution >= 4 is 23.6 Å². The fourth-order valence-corrected chi connectivity index (χ4v) is 2.87. The lowest BCUT2D eigenvalue weighted by atomic mass is 10.2. The van der Waals surface area contributed by atoms with Gasteiger partial charge >= 0.3 is 6.09 Å². The molecule has 0 unspecified atom stereocenters. The number of hydrogen-bond acceptors (Lipinski definition) is 4. The number of carbonyl (C=O) groups is 3. The Morgan fingerprint density at radius 1 is 1.32 bits per heavy atom. The highest BCUT2D eigenvalue weighted by Crippen LogP contribution is 2.37. The van der Waals surface area contributed by atoms with Gasteiger partial charge in [-0.1, -0.05) is 19.1 Å². The maximum absolute atomic E-state index is 11.9. The first-order chi connectivity index (χ1) is 12.0. The number of amides is 3. The SMILES string of the molecule is C[C@@H]1C[C@H]1C(=O)NCCC(=O)NCc1cccc(N2CCOC2=O)c1. The van der Waals surface area contributed by atoms with Crippen molar-refractivity contribution in [1.82, 2.24) is 10.6 Å². The average Bonchev–Trinajstić information content (AvgIpc) is 3.18. The fourth-order valence-electron chi connectivity index (χ4n) is 2.87. The van der Waals surface area contributed by atoms with Crippen LogP contribution in [0.2, 0.25) is 0 Å². The first-order valence-corrected chi connectivity index (χ1v) is 8.62. The molecule has 1 aliphatic carbocycles. The molecule has 1 saturated carbocycles. The summed E-state index contributed by atoms with van der Waals surface area (Å²) >= 11 is 0. The Morgan fingerprint density at radius 3 is 2.80 bits per heavy atom. The van der Waals surface area contributed by atoms with Gasteiger partial charge in [-0.3, -0.25) is 14.5 Å². The molecule has 0 radical (unpaired) electrons. The maximum Gasteiger partial charge on any atom is 0.414 e. The normalized spacial score (nSPS) is 21.6. The standard InChI is InChI=1S/C18H23N3O4/c1-12-9-15(12)17(23)19-6-5-16(22)20-11-13-3-2-4-14(10-13)21-7-8-25-18(21)24/h2-4,10,12,15H,5-9,11H2,1H3,(H,19,23)(H,20,22)/t12-,15-/m1/s1. The fraction of sp³-hybridized carbons (Fsp3) is 0.500. The van der Waals surface area contributed by atoms with E-state index in [0.717, 1.165) is 17.7 Å². The van der Waals surface area contributed by atoms with Crippen LogP contribution < -0.4 is 15.5 Å². The summed E-state index contributed by atoms with van der Waals surface area (Å²) in [6, 6.07) is 7.44. The van der Waals surface area contributed by atoms with Crippen molar-refractivity contribution in [2.24, 2.45) is 11.8 Å². The van der Waals surface area contributed by atoms with Crippen LogP contribution in [0.3, 0.4) is 0 Å². The highest BCUT2D eigenvalue weighted by molar-refractivity contribution is 5.89. The van der Waals surface area contributed by atoms with Gasteiger partial charge < -0.3 is 15.4 Å². The zero-order valence-electron chi connectivity index (χ0n) is 14.3. The van der Waals surface area contributed by atoms with E-state index in [1.165, 1.54) is 0 Å². The third kappa shape index (κ3) is 4.49. The molecule has 3 amide bonds. The molecule has 2 fully saturated rings. The summed E-state index contributed by atoms with van der Waals surface area (Å²) in [4.78, 5) is 36.7. The number of rotatable bonds is 7. The highest BCUT2D eigenvalue weighted by Gasteiger charge is 2.38. The van der Waals surface area contributed by atoms with Gasteiger partial charge in [0.2, 0.25) is 11.8 Å². The van der Waals surface area contributed by atoms with Gasteiger partial charge in [-0.25, -0.2) is 4.79 Å². The third-order valence-corrected chi connectivity index (χ3v) is 4.57. The van der Waals surface area contributed by atoms with E-state index in [2.05, 4.69) is 10.6 Å². The number of nitrogens with zero attached hydrogens (tertiary/aromatic N) is 1. The number of benzene rings is 1. The Balaban J connectivity index is 1.41. The lowest BCUT2D eigenvalue weighted by Crippen LogP contribution is -2.31. The molecule has 1 saturated heterocycles. The molecular formula is C18H23N3O4. The van der Waals surface area contributed by atoms with E-state index in [1.807, 2.05) is 31.2 Å². The van der Waals surface area contributed by atoms with Crippen molar-refractivity contribution in [3.8, 4) is 0 Å². The molecule has 3 rings (SSSR count). The van der Waals surface area contributed by atoms with Crippen LogP contribution in [-0.2, 0) is 20.9 Å². The summed E-state index contributed by atoms with van der Waals surface area (Å²) in [6.45, 7) is 3.71.